The summed E-state index contributed by atoms with van der Waals surface area (Å²) in [6.45, 7) is 1.94. The van der Waals surface area contributed by atoms with Gasteiger partial charge in [0.1, 0.15) is 11.6 Å². The van der Waals surface area contributed by atoms with Gasteiger partial charge in [0.15, 0.2) is 0 Å². The Kier molecular flexibility index (Phi) is 4.12. The van der Waals surface area contributed by atoms with Crippen LogP contribution in [0.25, 0.3) is 22.0 Å². The number of aryl methyl sites for hydroxylation is 1. The lowest BCUT2D eigenvalue weighted by molar-refractivity contribution is 0.463. The third kappa shape index (κ3) is 3.09. The van der Waals surface area contributed by atoms with Crippen LogP contribution in [0, 0.1) is 12.7 Å². The summed E-state index contributed by atoms with van der Waals surface area (Å²) in [6.07, 6.45) is 6.22. The summed E-state index contributed by atoms with van der Waals surface area (Å²) in [5, 5.41) is 4.76. The number of H-pyrrole nitrogens is 1. The van der Waals surface area contributed by atoms with Crippen molar-refractivity contribution in [3.63, 3.8) is 0 Å². The third-order valence-corrected chi connectivity index (χ3v) is 5.23. The molecule has 1 heterocycles. The number of anilines is 2. The Morgan fingerprint density at radius 3 is 2.68 bits per heavy atom. The summed E-state index contributed by atoms with van der Waals surface area (Å²) < 4.78 is 14.5. The van der Waals surface area contributed by atoms with E-state index < -0.39 is 0 Å². The molecule has 1 fully saturated rings. The first-order chi connectivity index (χ1) is 12.1. The van der Waals surface area contributed by atoms with Crippen molar-refractivity contribution in [3.05, 3.63) is 47.8 Å². The monoisotopic (exact) mass is 337 g/mol. The largest absolute Gasteiger partial charge is 0.385 e. The van der Waals surface area contributed by atoms with Crippen LogP contribution in [0.15, 0.2) is 36.4 Å². The number of benzene rings is 2. The number of aromatic nitrogens is 1. The van der Waals surface area contributed by atoms with Crippen molar-refractivity contribution < 1.29 is 4.39 Å². The zero-order valence-electron chi connectivity index (χ0n) is 14.5. The molecule has 1 aliphatic rings. The van der Waals surface area contributed by atoms with Gasteiger partial charge in [0.05, 0.1) is 0 Å². The van der Waals surface area contributed by atoms with E-state index in [4.69, 9.17) is 5.73 Å². The first-order valence-corrected chi connectivity index (χ1v) is 9.06. The molecule has 3 nitrogen and oxygen atoms in total. The molecule has 0 radical (unpaired) electrons. The van der Waals surface area contributed by atoms with Crippen molar-refractivity contribution in [1.29, 1.82) is 0 Å². The molecule has 130 valence electrons. The Bertz CT molecular complexity index is 887. The van der Waals surface area contributed by atoms with Crippen LogP contribution in [-0.2, 0) is 0 Å². The highest BCUT2D eigenvalue weighted by Crippen LogP contribution is 2.36. The van der Waals surface area contributed by atoms with E-state index in [1.54, 1.807) is 6.07 Å². The van der Waals surface area contributed by atoms with Gasteiger partial charge in [-0.1, -0.05) is 31.4 Å². The number of nitrogen functional groups attached to an aromatic ring is 1. The second-order valence-electron chi connectivity index (χ2n) is 7.12. The minimum Gasteiger partial charge on any atom is -0.385 e. The van der Waals surface area contributed by atoms with E-state index in [1.165, 1.54) is 38.2 Å². The molecule has 4 heteroatoms. The highest BCUT2D eigenvalue weighted by molar-refractivity contribution is 5.98. The molecule has 1 aliphatic carbocycles. The van der Waals surface area contributed by atoms with Crippen LogP contribution in [0.1, 0.15) is 37.7 Å². The average Bonchev–Trinajstić information content (AvgIpc) is 2.96. The second kappa shape index (κ2) is 6.43. The average molecular weight is 337 g/mol. The molecule has 4 N–H and O–H groups in total. The first-order valence-electron chi connectivity index (χ1n) is 9.06. The van der Waals surface area contributed by atoms with E-state index >= 15 is 0 Å². The van der Waals surface area contributed by atoms with Crippen LogP contribution in [-0.4, -0.2) is 11.0 Å². The number of nitrogens with two attached hydrogens (primary N) is 1. The fourth-order valence-corrected chi connectivity index (χ4v) is 3.99. The normalized spacial score (nSPS) is 15.6. The fourth-order valence-electron chi connectivity index (χ4n) is 3.99. The molecule has 2 aromatic carbocycles. The number of halogens is 1. The van der Waals surface area contributed by atoms with Gasteiger partial charge in [-0.05, 0) is 55.2 Å². The van der Waals surface area contributed by atoms with Gasteiger partial charge in [-0.3, -0.25) is 0 Å². The minimum atomic E-state index is -0.192. The maximum absolute atomic E-state index is 14.5. The lowest BCUT2D eigenvalue weighted by Gasteiger charge is -2.24. The Morgan fingerprint density at radius 2 is 1.92 bits per heavy atom. The van der Waals surface area contributed by atoms with Crippen molar-refractivity contribution >= 4 is 22.4 Å². The maximum Gasteiger partial charge on any atom is 0.131 e. The van der Waals surface area contributed by atoms with Gasteiger partial charge in [-0.25, -0.2) is 4.39 Å². The zero-order valence-corrected chi connectivity index (χ0v) is 14.5. The SMILES string of the molecule is Cc1cccc(F)c1-c1cc(NC2CCCCC2)c2cc(N)[nH]c2c1. The third-order valence-electron chi connectivity index (χ3n) is 5.23. The Balaban J connectivity index is 1.83. The topological polar surface area (TPSA) is 53.8 Å². The quantitative estimate of drug-likeness (QED) is 0.582. The summed E-state index contributed by atoms with van der Waals surface area (Å²) in [4.78, 5) is 3.20. The van der Waals surface area contributed by atoms with E-state index in [-0.39, 0.29) is 5.82 Å². The maximum atomic E-state index is 14.5. The Hall–Kier alpha value is -2.49. The molecule has 0 saturated heterocycles. The Labute approximate surface area is 147 Å². The van der Waals surface area contributed by atoms with Crippen LogP contribution in [0.4, 0.5) is 15.9 Å². The van der Waals surface area contributed by atoms with Crippen molar-refractivity contribution in [1.82, 2.24) is 4.98 Å². The smallest absolute Gasteiger partial charge is 0.131 e. The van der Waals surface area contributed by atoms with Gasteiger partial charge in [0.25, 0.3) is 0 Å². The van der Waals surface area contributed by atoms with Crippen LogP contribution in [0.2, 0.25) is 0 Å². The fraction of sp³-hybridized carbons (Fsp3) is 0.333. The van der Waals surface area contributed by atoms with E-state index in [2.05, 4.69) is 16.4 Å². The lowest BCUT2D eigenvalue weighted by Crippen LogP contribution is -2.22. The molecule has 0 unspecified atom stereocenters. The van der Waals surface area contributed by atoms with Crippen molar-refractivity contribution in [2.24, 2.45) is 0 Å². The molecule has 1 saturated carbocycles. The number of hydrogen-bond donors (Lipinski definition) is 3. The summed E-state index contributed by atoms with van der Waals surface area (Å²) >= 11 is 0. The molecular weight excluding hydrogens is 313 g/mol. The highest BCUT2D eigenvalue weighted by Gasteiger charge is 2.17. The predicted octanol–water partition coefficient (Wildman–Crippen LogP) is 5.61. The first kappa shape index (κ1) is 16.0. The number of fused-ring (bicyclic) bond motifs is 1. The van der Waals surface area contributed by atoms with Crippen LogP contribution >= 0.6 is 0 Å². The molecule has 0 spiro atoms. The number of nitrogens with one attached hydrogen (secondary N) is 2. The summed E-state index contributed by atoms with van der Waals surface area (Å²) in [5.41, 5.74) is 10.4. The van der Waals surface area contributed by atoms with E-state index in [0.29, 0.717) is 17.4 Å². The molecule has 25 heavy (non-hydrogen) atoms. The number of rotatable bonds is 3. The van der Waals surface area contributed by atoms with Gasteiger partial charge in [-0.15, -0.1) is 0 Å². The molecule has 0 aliphatic heterocycles. The van der Waals surface area contributed by atoms with Crippen molar-refractivity contribution in [2.75, 3.05) is 11.1 Å². The van der Waals surface area contributed by atoms with E-state index in [1.807, 2.05) is 25.1 Å². The molecule has 4 rings (SSSR count). The van der Waals surface area contributed by atoms with E-state index in [0.717, 1.165) is 27.7 Å². The van der Waals surface area contributed by atoms with Crippen LogP contribution < -0.4 is 11.1 Å². The number of aromatic amines is 1. The van der Waals surface area contributed by atoms with Gasteiger partial charge < -0.3 is 16.0 Å². The standard InChI is InChI=1S/C21H24FN3/c1-13-6-5-9-17(22)21(13)14-10-18(24-15-7-3-2-4-8-15)16-12-20(23)25-19(16)11-14/h5-6,9-12,15,24-25H,2-4,7-8,23H2,1H3. The van der Waals surface area contributed by atoms with Crippen LogP contribution in [0.3, 0.4) is 0 Å². The van der Waals surface area contributed by atoms with Gasteiger partial charge >= 0.3 is 0 Å². The van der Waals surface area contributed by atoms with Gasteiger partial charge in [0, 0.05) is 28.2 Å². The van der Waals surface area contributed by atoms with Crippen molar-refractivity contribution in [3.8, 4) is 11.1 Å². The van der Waals surface area contributed by atoms with E-state index in [9.17, 15) is 4.39 Å². The molecule has 1 aromatic heterocycles. The highest BCUT2D eigenvalue weighted by atomic mass is 19.1. The van der Waals surface area contributed by atoms with Gasteiger partial charge in [-0.2, -0.15) is 0 Å². The number of hydrogen-bond acceptors (Lipinski definition) is 2. The minimum absolute atomic E-state index is 0.192. The summed E-state index contributed by atoms with van der Waals surface area (Å²) in [6, 6.07) is 11.7. The van der Waals surface area contributed by atoms with Gasteiger partial charge in [0.2, 0.25) is 0 Å². The van der Waals surface area contributed by atoms with Crippen molar-refractivity contribution in [2.45, 2.75) is 45.1 Å². The lowest BCUT2D eigenvalue weighted by atomic mass is 9.94. The second-order valence-corrected chi connectivity index (χ2v) is 7.12. The molecule has 3 aromatic rings. The molecule has 0 amide bonds. The predicted molar refractivity (Wildman–Crippen MR) is 103 cm³/mol. The summed E-state index contributed by atoms with van der Waals surface area (Å²) in [5.74, 6) is 0.437. The Morgan fingerprint density at radius 1 is 1.12 bits per heavy atom. The molecule has 0 atom stereocenters. The molecular formula is C21H24FN3. The zero-order chi connectivity index (χ0) is 17.4. The summed E-state index contributed by atoms with van der Waals surface area (Å²) in [7, 11) is 0. The molecule has 0 bridgehead atoms. The van der Waals surface area contributed by atoms with Crippen LogP contribution in [0.5, 0.6) is 0 Å².